The molecule has 2 aromatic carbocycles. The van der Waals surface area contributed by atoms with Gasteiger partial charge in [0, 0.05) is 0 Å². The first-order valence-electron chi connectivity index (χ1n) is 8.07. The molecule has 0 saturated carbocycles. The van der Waals surface area contributed by atoms with Gasteiger partial charge < -0.3 is 15.0 Å². The zero-order chi connectivity index (χ0) is 16.7. The van der Waals surface area contributed by atoms with E-state index in [-0.39, 0.29) is 17.1 Å². The van der Waals surface area contributed by atoms with Crippen molar-refractivity contribution < 1.29 is 9.31 Å². The third kappa shape index (κ3) is 3.07. The maximum Gasteiger partial charge on any atom is 0.480 e. The van der Waals surface area contributed by atoms with Crippen molar-refractivity contribution in [2.75, 3.05) is 0 Å². The van der Waals surface area contributed by atoms with E-state index in [4.69, 9.17) is 15.0 Å². The molecule has 2 N–H and O–H groups in total. The molecule has 3 nitrogen and oxygen atoms in total. The second-order valence-corrected chi connectivity index (χ2v) is 7.14. The highest BCUT2D eigenvalue weighted by molar-refractivity contribution is 6.47. The Morgan fingerprint density at radius 1 is 0.783 bits per heavy atom. The van der Waals surface area contributed by atoms with Crippen LogP contribution in [-0.2, 0) is 9.31 Å². The van der Waals surface area contributed by atoms with Crippen LogP contribution in [0.25, 0.3) is 11.1 Å². The van der Waals surface area contributed by atoms with E-state index in [0.717, 1.165) is 5.56 Å². The highest BCUT2D eigenvalue weighted by Crippen LogP contribution is 2.39. The molecule has 0 spiro atoms. The molecule has 1 saturated heterocycles. The lowest BCUT2D eigenvalue weighted by Crippen LogP contribution is -2.41. The van der Waals surface area contributed by atoms with Crippen molar-refractivity contribution in [3.8, 4) is 11.1 Å². The molecule has 0 radical (unpaired) electrons. The largest absolute Gasteiger partial charge is 0.480 e. The molecule has 23 heavy (non-hydrogen) atoms. The molecular formula is C19H24BNO2. The van der Waals surface area contributed by atoms with Crippen LogP contribution in [0.2, 0.25) is 0 Å². The van der Waals surface area contributed by atoms with Crippen LogP contribution in [0.1, 0.15) is 39.2 Å². The molecule has 1 atom stereocenters. The van der Waals surface area contributed by atoms with Crippen LogP contribution in [0.4, 0.5) is 0 Å². The van der Waals surface area contributed by atoms with Gasteiger partial charge in [-0.2, -0.15) is 0 Å². The number of nitrogens with two attached hydrogens (primary N) is 1. The fraction of sp³-hybridized carbons (Fsp3) is 0.368. The lowest BCUT2D eigenvalue weighted by atomic mass is 9.74. The summed E-state index contributed by atoms with van der Waals surface area (Å²) in [6.45, 7) is 8.16. The second kappa shape index (κ2) is 5.79. The lowest BCUT2D eigenvalue weighted by Gasteiger charge is -2.32. The van der Waals surface area contributed by atoms with E-state index in [1.54, 1.807) is 0 Å². The predicted octanol–water partition coefficient (Wildman–Crippen LogP) is 3.98. The van der Waals surface area contributed by atoms with Crippen LogP contribution in [0.3, 0.4) is 0 Å². The first-order valence-corrected chi connectivity index (χ1v) is 8.07. The average Bonchev–Trinajstić information content (AvgIpc) is 2.76. The van der Waals surface area contributed by atoms with Crippen LogP contribution >= 0.6 is 0 Å². The van der Waals surface area contributed by atoms with Gasteiger partial charge in [-0.25, -0.2) is 0 Å². The Balaban J connectivity index is 1.78. The van der Waals surface area contributed by atoms with Gasteiger partial charge in [0.15, 0.2) is 0 Å². The first-order chi connectivity index (χ1) is 10.8. The van der Waals surface area contributed by atoms with Crippen LogP contribution < -0.4 is 5.73 Å². The fourth-order valence-electron chi connectivity index (χ4n) is 2.72. The summed E-state index contributed by atoms with van der Waals surface area (Å²) < 4.78 is 12.1. The summed E-state index contributed by atoms with van der Waals surface area (Å²) in [5, 5.41) is 0. The van der Waals surface area contributed by atoms with E-state index >= 15 is 0 Å². The maximum absolute atomic E-state index is 6.38. The Labute approximate surface area is 138 Å². The summed E-state index contributed by atoms with van der Waals surface area (Å²) in [7, 11) is -0.428. The van der Waals surface area contributed by atoms with Crippen LogP contribution in [0.5, 0.6) is 0 Å². The highest BCUT2D eigenvalue weighted by Gasteiger charge is 2.53. The Morgan fingerprint density at radius 2 is 1.26 bits per heavy atom. The number of rotatable bonds is 3. The molecule has 120 valence electrons. The van der Waals surface area contributed by atoms with E-state index in [9.17, 15) is 0 Å². The van der Waals surface area contributed by atoms with E-state index in [1.807, 2.05) is 45.9 Å². The maximum atomic E-state index is 6.38. The zero-order valence-electron chi connectivity index (χ0n) is 14.2. The van der Waals surface area contributed by atoms with Gasteiger partial charge in [0.2, 0.25) is 0 Å². The van der Waals surface area contributed by atoms with E-state index in [0.29, 0.717) is 0 Å². The monoisotopic (exact) mass is 309 g/mol. The molecule has 0 amide bonds. The van der Waals surface area contributed by atoms with Gasteiger partial charge in [-0.1, -0.05) is 54.6 Å². The third-order valence-corrected chi connectivity index (χ3v) is 4.97. The van der Waals surface area contributed by atoms with Gasteiger partial charge in [-0.15, -0.1) is 0 Å². The van der Waals surface area contributed by atoms with Crippen LogP contribution in [0, 0.1) is 0 Å². The summed E-state index contributed by atoms with van der Waals surface area (Å²) in [6, 6.07) is 18.6. The number of hydrogen-bond acceptors (Lipinski definition) is 3. The van der Waals surface area contributed by atoms with Crippen LogP contribution in [0.15, 0.2) is 54.6 Å². The summed E-state index contributed by atoms with van der Waals surface area (Å²) in [5.41, 5.74) is 9.05. The predicted molar refractivity (Wildman–Crippen MR) is 94.9 cm³/mol. The number of hydrogen-bond donors (Lipinski definition) is 1. The van der Waals surface area contributed by atoms with Crippen molar-refractivity contribution in [3.63, 3.8) is 0 Å². The zero-order valence-corrected chi connectivity index (χ0v) is 14.2. The van der Waals surface area contributed by atoms with Crippen molar-refractivity contribution in [1.82, 2.24) is 0 Å². The summed E-state index contributed by atoms with van der Waals surface area (Å²) in [5.74, 6) is -0.305. The summed E-state index contributed by atoms with van der Waals surface area (Å²) >= 11 is 0. The van der Waals surface area contributed by atoms with E-state index in [2.05, 4.69) is 36.4 Å². The van der Waals surface area contributed by atoms with E-state index in [1.165, 1.54) is 11.1 Å². The smallest absolute Gasteiger partial charge is 0.402 e. The van der Waals surface area contributed by atoms with Crippen molar-refractivity contribution >= 4 is 7.12 Å². The minimum Gasteiger partial charge on any atom is -0.402 e. The second-order valence-electron chi connectivity index (χ2n) is 7.14. The molecule has 0 bridgehead atoms. The molecular weight excluding hydrogens is 285 g/mol. The molecule has 2 aromatic rings. The molecule has 0 unspecified atom stereocenters. The van der Waals surface area contributed by atoms with Gasteiger partial charge in [0.25, 0.3) is 0 Å². The third-order valence-electron chi connectivity index (χ3n) is 4.97. The molecule has 1 aliphatic heterocycles. The van der Waals surface area contributed by atoms with Gasteiger partial charge in [0.1, 0.15) is 0 Å². The lowest BCUT2D eigenvalue weighted by molar-refractivity contribution is 0.00578. The minimum absolute atomic E-state index is 0.305. The molecule has 0 aliphatic carbocycles. The SMILES string of the molecule is CC1(C)OB([C@@H](N)c2ccc(-c3ccccc3)cc2)OC1(C)C. The van der Waals surface area contributed by atoms with Gasteiger partial charge in [0.05, 0.1) is 17.1 Å². The average molecular weight is 309 g/mol. The topological polar surface area (TPSA) is 44.5 Å². The Bertz CT molecular complexity index is 652. The van der Waals surface area contributed by atoms with Gasteiger partial charge >= 0.3 is 7.12 Å². The highest BCUT2D eigenvalue weighted by atomic mass is 16.7. The van der Waals surface area contributed by atoms with Crippen molar-refractivity contribution in [2.24, 2.45) is 5.73 Å². The molecule has 1 aliphatic rings. The molecule has 1 heterocycles. The Morgan fingerprint density at radius 3 is 1.78 bits per heavy atom. The Hall–Kier alpha value is -1.62. The van der Waals surface area contributed by atoms with Crippen molar-refractivity contribution in [1.29, 1.82) is 0 Å². The molecule has 1 fully saturated rings. The minimum atomic E-state index is -0.428. The normalized spacial score (nSPS) is 20.5. The summed E-state index contributed by atoms with van der Waals surface area (Å²) in [4.78, 5) is 0. The fourth-order valence-corrected chi connectivity index (χ4v) is 2.72. The van der Waals surface area contributed by atoms with Gasteiger partial charge in [-0.3, -0.25) is 0 Å². The standard InChI is InChI=1S/C19H24BNO2/c1-18(2)19(3,4)23-20(22-18)17(21)16-12-10-15(11-13-16)14-8-6-5-7-9-14/h5-13,17H,21H2,1-4H3/t17-/m0/s1. The molecule has 4 heteroatoms. The molecule has 3 rings (SSSR count). The summed E-state index contributed by atoms with van der Waals surface area (Å²) in [6.07, 6.45) is 0. The molecule has 0 aromatic heterocycles. The van der Waals surface area contributed by atoms with Crippen molar-refractivity contribution in [3.05, 3.63) is 60.2 Å². The number of benzene rings is 2. The van der Waals surface area contributed by atoms with E-state index < -0.39 is 7.12 Å². The van der Waals surface area contributed by atoms with Crippen LogP contribution in [-0.4, -0.2) is 18.3 Å². The Kier molecular flexibility index (Phi) is 4.09. The quantitative estimate of drug-likeness (QED) is 0.872. The first kappa shape index (κ1) is 16.3. The van der Waals surface area contributed by atoms with Crippen molar-refractivity contribution in [2.45, 2.75) is 44.8 Å². The van der Waals surface area contributed by atoms with Gasteiger partial charge in [-0.05, 0) is 44.4 Å².